The minimum absolute atomic E-state index is 0.103. The van der Waals surface area contributed by atoms with E-state index in [1.165, 1.54) is 24.0 Å². The molecule has 4 rings (SSSR count). The molecule has 3 aromatic rings. The lowest BCUT2D eigenvalue weighted by atomic mass is 10.1. The van der Waals surface area contributed by atoms with Crippen LogP contribution in [0, 0.1) is 13.8 Å². The molecule has 1 aliphatic heterocycles. The number of likely N-dealkylation sites (tertiary alicyclic amines) is 1. The molecule has 0 amide bonds. The SMILES string of the molecule is Cc1cc(Oc2coc3cc(OCC(O)C[NH+]4CCCC4)ccc3c2=O)cc(C)c1Cl. The Hall–Kier alpha value is -2.54. The number of halogens is 1. The van der Waals surface area contributed by atoms with E-state index in [1.54, 1.807) is 30.3 Å². The highest BCUT2D eigenvalue weighted by molar-refractivity contribution is 6.32. The molecule has 6 nitrogen and oxygen atoms in total. The number of ether oxygens (including phenoxy) is 2. The Morgan fingerprint density at radius 1 is 1.13 bits per heavy atom. The van der Waals surface area contributed by atoms with Gasteiger partial charge < -0.3 is 23.9 Å². The van der Waals surface area contributed by atoms with E-state index in [0.717, 1.165) is 24.2 Å². The highest BCUT2D eigenvalue weighted by Gasteiger charge is 2.20. The van der Waals surface area contributed by atoms with Gasteiger partial charge >= 0.3 is 0 Å². The van der Waals surface area contributed by atoms with Crippen molar-refractivity contribution in [3.05, 3.63) is 63.0 Å². The van der Waals surface area contributed by atoms with Gasteiger partial charge in [0.2, 0.25) is 11.2 Å². The molecule has 1 aromatic heterocycles. The number of aliphatic hydroxyl groups is 1. The predicted octanol–water partition coefficient (Wildman–Crippen LogP) is 3.27. The number of hydrogen-bond donors (Lipinski definition) is 2. The van der Waals surface area contributed by atoms with Gasteiger partial charge in [0.15, 0.2) is 0 Å². The molecule has 0 radical (unpaired) electrons. The first-order valence-electron chi connectivity index (χ1n) is 10.6. The Kier molecular flexibility index (Phi) is 6.51. The summed E-state index contributed by atoms with van der Waals surface area (Å²) in [5, 5.41) is 11.3. The molecule has 0 saturated carbocycles. The van der Waals surface area contributed by atoms with Crippen LogP contribution in [0.1, 0.15) is 24.0 Å². The van der Waals surface area contributed by atoms with Crippen LogP contribution in [0.4, 0.5) is 0 Å². The molecule has 164 valence electrons. The van der Waals surface area contributed by atoms with Gasteiger partial charge in [-0.1, -0.05) is 11.6 Å². The molecule has 31 heavy (non-hydrogen) atoms. The summed E-state index contributed by atoms with van der Waals surface area (Å²) in [6, 6.07) is 8.58. The van der Waals surface area contributed by atoms with E-state index < -0.39 is 6.10 Å². The smallest absolute Gasteiger partial charge is 0.235 e. The zero-order valence-corrected chi connectivity index (χ0v) is 18.5. The third-order valence-corrected chi connectivity index (χ3v) is 6.23. The van der Waals surface area contributed by atoms with E-state index in [4.69, 9.17) is 25.5 Å². The van der Waals surface area contributed by atoms with Crippen molar-refractivity contribution in [1.29, 1.82) is 0 Å². The molecule has 7 heteroatoms. The maximum absolute atomic E-state index is 12.8. The van der Waals surface area contributed by atoms with Gasteiger partial charge in [-0.15, -0.1) is 0 Å². The van der Waals surface area contributed by atoms with Crippen molar-refractivity contribution >= 4 is 22.6 Å². The van der Waals surface area contributed by atoms with Crippen molar-refractivity contribution in [3.8, 4) is 17.2 Å². The highest BCUT2D eigenvalue weighted by Crippen LogP contribution is 2.29. The van der Waals surface area contributed by atoms with Crippen molar-refractivity contribution in [3.63, 3.8) is 0 Å². The number of rotatable bonds is 7. The lowest BCUT2D eigenvalue weighted by Gasteiger charge is -2.17. The summed E-state index contributed by atoms with van der Waals surface area (Å²) in [6.45, 7) is 6.88. The summed E-state index contributed by atoms with van der Waals surface area (Å²) in [5.41, 5.74) is 1.88. The zero-order valence-electron chi connectivity index (χ0n) is 17.7. The van der Waals surface area contributed by atoms with Crippen LogP contribution in [-0.4, -0.2) is 37.5 Å². The lowest BCUT2D eigenvalue weighted by Crippen LogP contribution is -3.11. The van der Waals surface area contributed by atoms with Crippen molar-refractivity contribution in [2.75, 3.05) is 26.2 Å². The fraction of sp³-hybridized carbons (Fsp3) is 0.375. The molecule has 1 fully saturated rings. The molecular weight excluding hydrogens is 418 g/mol. The maximum Gasteiger partial charge on any atom is 0.235 e. The number of quaternary nitrogens is 1. The molecule has 2 heterocycles. The van der Waals surface area contributed by atoms with E-state index in [9.17, 15) is 9.90 Å². The summed E-state index contributed by atoms with van der Waals surface area (Å²) in [6.07, 6.45) is 3.21. The number of aryl methyl sites for hydroxylation is 2. The number of aliphatic hydroxyl groups excluding tert-OH is 1. The van der Waals surface area contributed by atoms with E-state index >= 15 is 0 Å². The second-order valence-electron chi connectivity index (χ2n) is 8.19. The first-order valence-corrected chi connectivity index (χ1v) is 10.9. The van der Waals surface area contributed by atoms with Crippen LogP contribution in [-0.2, 0) is 0 Å². The van der Waals surface area contributed by atoms with Gasteiger partial charge in [0.05, 0.1) is 18.5 Å². The monoisotopic (exact) mass is 444 g/mol. The average Bonchev–Trinajstić information content (AvgIpc) is 3.25. The van der Waals surface area contributed by atoms with Crippen LogP contribution in [0.25, 0.3) is 11.0 Å². The average molecular weight is 445 g/mol. The third-order valence-electron chi connectivity index (χ3n) is 5.63. The molecule has 2 aromatic carbocycles. The lowest BCUT2D eigenvalue weighted by molar-refractivity contribution is -0.890. The number of hydrogen-bond acceptors (Lipinski definition) is 5. The topological polar surface area (TPSA) is 73.3 Å². The van der Waals surface area contributed by atoms with Crippen molar-refractivity contribution in [2.24, 2.45) is 0 Å². The van der Waals surface area contributed by atoms with Crippen LogP contribution in [0.5, 0.6) is 17.2 Å². The van der Waals surface area contributed by atoms with Crippen LogP contribution in [0.3, 0.4) is 0 Å². The number of fused-ring (bicyclic) bond motifs is 1. The Morgan fingerprint density at radius 3 is 2.55 bits per heavy atom. The summed E-state index contributed by atoms with van der Waals surface area (Å²) in [5.74, 6) is 1.18. The van der Waals surface area contributed by atoms with Crippen LogP contribution >= 0.6 is 11.6 Å². The largest absolute Gasteiger partial charge is 0.491 e. The minimum atomic E-state index is -0.530. The van der Waals surface area contributed by atoms with Crippen LogP contribution < -0.4 is 19.8 Å². The first kappa shape index (κ1) is 21.7. The van der Waals surface area contributed by atoms with Crippen molar-refractivity contribution in [1.82, 2.24) is 0 Å². The molecule has 2 N–H and O–H groups in total. The Morgan fingerprint density at radius 2 is 1.84 bits per heavy atom. The van der Waals surface area contributed by atoms with E-state index in [1.807, 2.05) is 13.8 Å². The standard InChI is InChI=1S/C24H26ClNO5/c1-15-9-19(10-16(2)23(15)25)31-22-14-30-21-11-18(5-6-20(21)24(22)28)29-13-17(27)12-26-7-3-4-8-26/h5-6,9-11,14,17,27H,3-4,7-8,12-13H2,1-2H3/p+1. The van der Waals surface area contributed by atoms with Gasteiger partial charge in [-0.05, 0) is 49.2 Å². The van der Waals surface area contributed by atoms with Gasteiger partial charge in [-0.2, -0.15) is 0 Å². The summed E-state index contributed by atoms with van der Waals surface area (Å²) < 4.78 is 17.1. The van der Waals surface area contributed by atoms with Gasteiger partial charge in [0.25, 0.3) is 0 Å². The van der Waals surface area contributed by atoms with Gasteiger partial charge in [0.1, 0.15) is 42.6 Å². The Bertz CT molecular complexity index is 1110. The van der Waals surface area contributed by atoms with Crippen LogP contribution in [0.2, 0.25) is 5.02 Å². The summed E-state index contributed by atoms with van der Waals surface area (Å²) in [4.78, 5) is 14.3. The van der Waals surface area contributed by atoms with E-state index in [0.29, 0.717) is 34.0 Å². The minimum Gasteiger partial charge on any atom is -0.491 e. The highest BCUT2D eigenvalue weighted by atomic mass is 35.5. The molecule has 0 aliphatic carbocycles. The Balaban J connectivity index is 1.47. The molecule has 1 aliphatic rings. The fourth-order valence-electron chi connectivity index (χ4n) is 4.01. The normalized spacial score (nSPS) is 15.4. The maximum atomic E-state index is 12.8. The second kappa shape index (κ2) is 9.30. The Labute approximate surface area is 185 Å². The summed E-state index contributed by atoms with van der Waals surface area (Å²) >= 11 is 6.20. The van der Waals surface area contributed by atoms with Gasteiger partial charge in [-0.25, -0.2) is 0 Å². The predicted molar refractivity (Wildman–Crippen MR) is 120 cm³/mol. The fourth-order valence-corrected chi connectivity index (χ4v) is 4.12. The van der Waals surface area contributed by atoms with E-state index in [2.05, 4.69) is 0 Å². The van der Waals surface area contributed by atoms with E-state index in [-0.39, 0.29) is 17.8 Å². The van der Waals surface area contributed by atoms with Crippen LogP contribution in [0.15, 0.2) is 45.8 Å². The van der Waals surface area contributed by atoms with Gasteiger partial charge in [0, 0.05) is 23.9 Å². The summed E-state index contributed by atoms with van der Waals surface area (Å²) in [7, 11) is 0. The molecule has 1 atom stereocenters. The van der Waals surface area contributed by atoms with Crippen molar-refractivity contribution in [2.45, 2.75) is 32.8 Å². The number of nitrogens with one attached hydrogen (secondary N) is 1. The quantitative estimate of drug-likeness (QED) is 0.585. The molecule has 1 saturated heterocycles. The second-order valence-corrected chi connectivity index (χ2v) is 8.56. The first-order chi connectivity index (χ1) is 14.9. The molecule has 0 bridgehead atoms. The number of benzene rings is 2. The molecule has 0 spiro atoms. The molecule has 1 unspecified atom stereocenters. The molecular formula is C24H27ClNO5+. The zero-order chi connectivity index (χ0) is 22.0. The van der Waals surface area contributed by atoms with Crippen molar-refractivity contribution < 1.29 is 23.9 Å². The van der Waals surface area contributed by atoms with Gasteiger partial charge in [-0.3, -0.25) is 4.79 Å². The third kappa shape index (κ3) is 5.03.